The molecule has 1 aliphatic rings. The fraction of sp³-hybridized carbons (Fsp3) is 0.176. The van der Waals surface area contributed by atoms with Gasteiger partial charge < -0.3 is 0 Å². The highest BCUT2D eigenvalue weighted by Crippen LogP contribution is 2.36. The Bertz CT molecular complexity index is 632. The van der Waals surface area contributed by atoms with Gasteiger partial charge in [0.15, 0.2) is 0 Å². The number of hydrogen-bond donors (Lipinski definition) is 0. The molecule has 1 aliphatic heterocycles. The van der Waals surface area contributed by atoms with Crippen LogP contribution in [0.3, 0.4) is 0 Å². The molecular formula is C17H15IN2. The highest BCUT2D eigenvalue weighted by molar-refractivity contribution is 14.1. The molecule has 2 rings (SSSR count). The Balaban J connectivity index is 2.14. The molecule has 100 valence electrons. The summed E-state index contributed by atoms with van der Waals surface area (Å²) in [5.41, 5.74) is 2.74. The van der Waals surface area contributed by atoms with Crippen LogP contribution in [0, 0.1) is 11.3 Å². The van der Waals surface area contributed by atoms with Crippen LogP contribution < -0.4 is 0 Å². The van der Waals surface area contributed by atoms with Gasteiger partial charge in [0, 0.05) is 6.21 Å². The Morgan fingerprint density at radius 1 is 1.45 bits per heavy atom. The van der Waals surface area contributed by atoms with Gasteiger partial charge in [-0.3, -0.25) is 4.99 Å². The molecule has 20 heavy (non-hydrogen) atoms. The minimum Gasteiger partial charge on any atom is -0.288 e. The summed E-state index contributed by atoms with van der Waals surface area (Å²) in [7, 11) is 0. The van der Waals surface area contributed by atoms with Crippen molar-refractivity contribution >= 4 is 34.9 Å². The van der Waals surface area contributed by atoms with Crippen molar-refractivity contribution in [2.75, 3.05) is 0 Å². The monoisotopic (exact) mass is 374 g/mol. The van der Waals surface area contributed by atoms with Crippen LogP contribution in [0.25, 0.3) is 6.08 Å². The number of allylic oxidation sites excluding steroid dienone is 2. The van der Waals surface area contributed by atoms with Crippen molar-refractivity contribution in [1.82, 2.24) is 0 Å². The normalized spacial score (nSPS) is 24.8. The lowest BCUT2D eigenvalue weighted by molar-refractivity contribution is 0.683. The van der Waals surface area contributed by atoms with Crippen molar-refractivity contribution in [3.63, 3.8) is 0 Å². The van der Waals surface area contributed by atoms with Gasteiger partial charge in [0.05, 0.1) is 21.1 Å². The number of nitrogens with zero attached hydrogens (tertiary/aromatic N) is 2. The number of rotatable bonds is 3. The predicted octanol–water partition coefficient (Wildman–Crippen LogP) is 4.33. The van der Waals surface area contributed by atoms with Gasteiger partial charge >= 0.3 is 0 Å². The third-order valence-corrected chi connectivity index (χ3v) is 5.31. The van der Waals surface area contributed by atoms with Crippen LogP contribution in [0.1, 0.15) is 18.1 Å². The summed E-state index contributed by atoms with van der Waals surface area (Å²) in [4.78, 5) is 4.43. The molecule has 0 spiro atoms. The smallest absolute Gasteiger partial charge is 0.0991 e. The van der Waals surface area contributed by atoms with Gasteiger partial charge in [0.25, 0.3) is 0 Å². The molecule has 1 heterocycles. The number of nitriles is 1. The highest BCUT2D eigenvalue weighted by atomic mass is 127. The maximum atomic E-state index is 8.78. The number of hydrogen-bond acceptors (Lipinski definition) is 2. The molecular weight excluding hydrogens is 359 g/mol. The summed E-state index contributed by atoms with van der Waals surface area (Å²) < 4.78 is -0.171. The zero-order valence-electron chi connectivity index (χ0n) is 11.3. The molecule has 0 aliphatic carbocycles. The molecule has 0 saturated heterocycles. The third kappa shape index (κ3) is 3.07. The van der Waals surface area contributed by atoms with E-state index in [1.54, 1.807) is 0 Å². The molecule has 0 radical (unpaired) electrons. The molecule has 0 bridgehead atoms. The van der Waals surface area contributed by atoms with Crippen LogP contribution in [0.2, 0.25) is 0 Å². The van der Waals surface area contributed by atoms with E-state index in [0.29, 0.717) is 5.56 Å². The Labute approximate surface area is 133 Å². The van der Waals surface area contributed by atoms with Gasteiger partial charge in [-0.15, -0.1) is 0 Å². The Morgan fingerprint density at radius 3 is 2.75 bits per heavy atom. The van der Waals surface area contributed by atoms with Gasteiger partial charge in [-0.1, -0.05) is 59.5 Å². The lowest BCUT2D eigenvalue weighted by Gasteiger charge is -2.31. The van der Waals surface area contributed by atoms with E-state index in [1.165, 1.54) is 0 Å². The van der Waals surface area contributed by atoms with E-state index in [1.807, 2.05) is 48.7 Å². The quantitative estimate of drug-likeness (QED) is 0.441. The van der Waals surface area contributed by atoms with Crippen molar-refractivity contribution in [2.24, 2.45) is 4.99 Å². The Kier molecular flexibility index (Phi) is 4.56. The summed E-state index contributed by atoms with van der Waals surface area (Å²) in [6.45, 7) is 6.27. The van der Waals surface area contributed by atoms with Gasteiger partial charge in [-0.05, 0) is 36.3 Å². The first-order valence-electron chi connectivity index (χ1n) is 6.34. The first-order chi connectivity index (χ1) is 9.56. The summed E-state index contributed by atoms with van der Waals surface area (Å²) in [5, 5.41) is 8.78. The van der Waals surface area contributed by atoms with Crippen molar-refractivity contribution < 1.29 is 0 Å². The molecule has 0 aromatic heterocycles. The molecule has 1 aromatic carbocycles. The van der Waals surface area contributed by atoms with Gasteiger partial charge in [-0.2, -0.15) is 5.26 Å². The second-order valence-corrected chi connectivity index (χ2v) is 6.48. The van der Waals surface area contributed by atoms with Crippen LogP contribution in [-0.2, 0) is 0 Å². The number of benzene rings is 1. The van der Waals surface area contributed by atoms with Gasteiger partial charge in [0.1, 0.15) is 0 Å². The largest absolute Gasteiger partial charge is 0.288 e. The predicted molar refractivity (Wildman–Crippen MR) is 93.2 cm³/mol. The van der Waals surface area contributed by atoms with Crippen molar-refractivity contribution in [2.45, 2.75) is 16.4 Å². The van der Waals surface area contributed by atoms with E-state index in [2.05, 4.69) is 53.2 Å². The van der Waals surface area contributed by atoms with E-state index >= 15 is 0 Å². The minimum atomic E-state index is -0.171. The average molecular weight is 374 g/mol. The van der Waals surface area contributed by atoms with E-state index < -0.39 is 0 Å². The number of dihydropyridines is 1. The number of alkyl halides is 1. The summed E-state index contributed by atoms with van der Waals surface area (Å²) in [6, 6.07) is 9.78. The molecule has 0 saturated carbocycles. The lowest BCUT2D eigenvalue weighted by Crippen LogP contribution is -2.33. The molecule has 0 fully saturated rings. The zero-order chi connectivity index (χ0) is 14.6. The van der Waals surface area contributed by atoms with Crippen LogP contribution in [0.5, 0.6) is 0 Å². The van der Waals surface area contributed by atoms with E-state index in [9.17, 15) is 0 Å². The van der Waals surface area contributed by atoms with Crippen LogP contribution in [-0.4, -0.2) is 15.7 Å². The topological polar surface area (TPSA) is 36.1 Å². The summed E-state index contributed by atoms with van der Waals surface area (Å²) >= 11 is 2.40. The van der Waals surface area contributed by atoms with E-state index in [-0.39, 0.29) is 9.46 Å². The summed E-state index contributed by atoms with van der Waals surface area (Å²) in [6.07, 6.45) is 9.97. The van der Waals surface area contributed by atoms with E-state index in [4.69, 9.17) is 5.26 Å². The maximum Gasteiger partial charge on any atom is 0.0991 e. The SMILES string of the molecule is C=C(/C=C\c1ccc(C#N)cc1)[C@]1(I)C=CC=NC1C. The highest BCUT2D eigenvalue weighted by Gasteiger charge is 2.33. The second kappa shape index (κ2) is 6.19. The minimum absolute atomic E-state index is 0.171. The fourth-order valence-electron chi connectivity index (χ4n) is 1.98. The number of halogens is 1. The number of aliphatic imine (C=N–C) groups is 1. The third-order valence-electron chi connectivity index (χ3n) is 3.35. The average Bonchev–Trinajstić information content (AvgIpc) is 2.48. The first kappa shape index (κ1) is 14.7. The van der Waals surface area contributed by atoms with Crippen LogP contribution >= 0.6 is 22.6 Å². The van der Waals surface area contributed by atoms with Crippen molar-refractivity contribution in [1.29, 1.82) is 5.26 Å². The summed E-state index contributed by atoms with van der Waals surface area (Å²) in [5.74, 6) is 0. The zero-order valence-corrected chi connectivity index (χ0v) is 13.4. The molecule has 0 amide bonds. The van der Waals surface area contributed by atoms with Crippen molar-refractivity contribution in [3.05, 3.63) is 65.8 Å². The standard InChI is InChI=1S/C17H15IN2/c1-13(17(18)10-3-11-20-14(17)2)4-5-15-6-8-16(12-19)9-7-15/h3-11,14H,1H2,2H3/b5-4-/t14?,17-/m1/s1. The van der Waals surface area contributed by atoms with Crippen molar-refractivity contribution in [3.8, 4) is 6.07 Å². The maximum absolute atomic E-state index is 8.78. The Morgan fingerprint density at radius 2 is 2.15 bits per heavy atom. The molecule has 1 unspecified atom stereocenters. The van der Waals surface area contributed by atoms with E-state index in [0.717, 1.165) is 11.1 Å². The second-order valence-electron chi connectivity index (χ2n) is 4.69. The fourth-order valence-corrected chi connectivity index (χ4v) is 2.53. The first-order valence-corrected chi connectivity index (χ1v) is 7.41. The molecule has 0 N–H and O–H groups in total. The lowest BCUT2D eigenvalue weighted by atomic mass is 9.91. The molecule has 2 atom stereocenters. The van der Waals surface area contributed by atoms with Gasteiger partial charge in [0.2, 0.25) is 0 Å². The molecule has 1 aromatic rings. The Hall–Kier alpha value is -1.67. The van der Waals surface area contributed by atoms with Crippen LogP contribution in [0.4, 0.5) is 0 Å². The van der Waals surface area contributed by atoms with Crippen LogP contribution in [0.15, 0.2) is 59.6 Å². The van der Waals surface area contributed by atoms with Gasteiger partial charge in [-0.25, -0.2) is 0 Å². The molecule has 2 nitrogen and oxygen atoms in total. The molecule has 3 heteroatoms.